The Kier molecular flexibility index (Phi) is 3.45. The quantitative estimate of drug-likeness (QED) is 0.876. The second-order valence-corrected chi connectivity index (χ2v) is 5.77. The first-order chi connectivity index (χ1) is 9.65. The van der Waals surface area contributed by atoms with E-state index in [1.807, 2.05) is 0 Å². The van der Waals surface area contributed by atoms with Crippen LogP contribution >= 0.6 is 23.4 Å². The lowest BCUT2D eigenvalue weighted by Crippen LogP contribution is -2.31. The topological polar surface area (TPSA) is 79.0 Å². The van der Waals surface area contributed by atoms with Crippen molar-refractivity contribution in [2.24, 2.45) is 0 Å². The van der Waals surface area contributed by atoms with Gasteiger partial charge >= 0.3 is 0 Å². The van der Waals surface area contributed by atoms with Crippen LogP contribution in [-0.2, 0) is 9.59 Å². The van der Waals surface area contributed by atoms with Gasteiger partial charge in [0.05, 0.1) is 5.69 Å². The highest BCUT2D eigenvalue weighted by Crippen LogP contribution is 2.32. The van der Waals surface area contributed by atoms with E-state index in [1.165, 1.54) is 23.0 Å². The number of hydrogen-bond acceptors (Lipinski definition) is 5. The van der Waals surface area contributed by atoms with Gasteiger partial charge in [0.25, 0.3) is 0 Å². The predicted molar refractivity (Wildman–Crippen MR) is 74.6 cm³/mol. The number of aromatic nitrogens is 3. The second kappa shape index (κ2) is 5.26. The summed E-state index contributed by atoms with van der Waals surface area (Å²) in [7, 11) is 0. The normalized spacial score (nSPS) is 18.9. The van der Waals surface area contributed by atoms with Crippen molar-refractivity contribution < 1.29 is 9.59 Å². The van der Waals surface area contributed by atoms with Gasteiger partial charge in [-0.2, -0.15) is 5.10 Å². The lowest BCUT2D eigenvalue weighted by Gasteiger charge is -2.14. The van der Waals surface area contributed by atoms with Crippen molar-refractivity contribution in [3.63, 3.8) is 0 Å². The summed E-state index contributed by atoms with van der Waals surface area (Å²) in [6.45, 7) is 0. The summed E-state index contributed by atoms with van der Waals surface area (Å²) in [5, 5.41) is 6.98. The van der Waals surface area contributed by atoms with Crippen LogP contribution in [-0.4, -0.2) is 32.2 Å². The number of thioether (sulfide) groups is 1. The third-order valence-corrected chi connectivity index (χ3v) is 4.16. The van der Waals surface area contributed by atoms with E-state index in [9.17, 15) is 9.59 Å². The van der Waals surface area contributed by atoms with Crippen molar-refractivity contribution in [2.75, 3.05) is 4.90 Å². The lowest BCUT2D eigenvalue weighted by atomic mass is 10.3. The van der Waals surface area contributed by atoms with E-state index in [0.717, 1.165) is 0 Å². The summed E-state index contributed by atoms with van der Waals surface area (Å²) in [5.41, 5.74) is 0.532. The highest BCUT2D eigenvalue weighted by molar-refractivity contribution is 8.00. The van der Waals surface area contributed by atoms with Gasteiger partial charge in [-0.05, 0) is 24.3 Å². The van der Waals surface area contributed by atoms with Crippen LogP contribution in [0.3, 0.4) is 0 Å². The van der Waals surface area contributed by atoms with Crippen LogP contribution in [0.15, 0.2) is 35.7 Å². The monoisotopic (exact) mass is 308 g/mol. The molecule has 8 heteroatoms. The molecule has 2 heterocycles. The zero-order valence-corrected chi connectivity index (χ0v) is 11.7. The average molecular weight is 309 g/mol. The number of benzene rings is 1. The Labute approximate surface area is 123 Å². The first-order valence-corrected chi connectivity index (χ1v) is 7.05. The van der Waals surface area contributed by atoms with Gasteiger partial charge in [0.2, 0.25) is 11.8 Å². The Hall–Kier alpha value is -1.86. The molecule has 0 aliphatic carbocycles. The van der Waals surface area contributed by atoms with Crippen LogP contribution in [0.1, 0.15) is 6.42 Å². The highest BCUT2D eigenvalue weighted by atomic mass is 35.5. The van der Waals surface area contributed by atoms with Crippen molar-refractivity contribution in [1.29, 1.82) is 0 Å². The van der Waals surface area contributed by atoms with E-state index in [2.05, 4.69) is 15.2 Å². The van der Waals surface area contributed by atoms with Crippen LogP contribution < -0.4 is 4.90 Å². The number of carbonyl (C=O) groups is 2. The maximum Gasteiger partial charge on any atom is 0.247 e. The SMILES string of the molecule is O=C1C[C@@H](Sc2ncn[nH]2)C(=O)N1c1ccc(Cl)cc1. The number of anilines is 1. The summed E-state index contributed by atoms with van der Waals surface area (Å²) in [6.07, 6.45) is 1.51. The molecule has 1 aliphatic heterocycles. The van der Waals surface area contributed by atoms with Gasteiger partial charge in [-0.15, -0.1) is 0 Å². The van der Waals surface area contributed by atoms with E-state index in [0.29, 0.717) is 15.9 Å². The van der Waals surface area contributed by atoms with E-state index in [4.69, 9.17) is 11.6 Å². The first kappa shape index (κ1) is 13.1. The summed E-state index contributed by atoms with van der Waals surface area (Å²) >= 11 is 7.01. The molecule has 102 valence electrons. The van der Waals surface area contributed by atoms with Gasteiger partial charge in [-0.1, -0.05) is 23.4 Å². The van der Waals surface area contributed by atoms with E-state index in [1.54, 1.807) is 24.3 Å². The molecule has 3 rings (SSSR count). The van der Waals surface area contributed by atoms with Gasteiger partial charge in [0, 0.05) is 11.4 Å². The van der Waals surface area contributed by atoms with Crippen LogP contribution in [0, 0.1) is 0 Å². The number of amides is 2. The molecule has 1 fully saturated rings. The molecule has 1 atom stereocenters. The molecule has 2 aromatic rings. The van der Waals surface area contributed by atoms with Crippen molar-refractivity contribution >= 4 is 40.9 Å². The fourth-order valence-electron chi connectivity index (χ4n) is 1.94. The van der Waals surface area contributed by atoms with Gasteiger partial charge in [-0.3, -0.25) is 14.7 Å². The third-order valence-electron chi connectivity index (χ3n) is 2.84. The number of nitrogens with zero attached hydrogens (tertiary/aromatic N) is 3. The average Bonchev–Trinajstić information content (AvgIpc) is 3.02. The first-order valence-electron chi connectivity index (χ1n) is 5.79. The minimum absolute atomic E-state index is 0.146. The van der Waals surface area contributed by atoms with Crippen LogP contribution in [0.25, 0.3) is 0 Å². The molecule has 0 saturated carbocycles. The van der Waals surface area contributed by atoms with E-state index < -0.39 is 5.25 Å². The molecule has 0 bridgehead atoms. The summed E-state index contributed by atoms with van der Waals surface area (Å²) in [5.74, 6) is -0.479. The molecule has 0 unspecified atom stereocenters. The fourth-order valence-corrected chi connectivity index (χ4v) is 2.98. The number of rotatable bonds is 3. The molecule has 1 N–H and O–H groups in total. The third kappa shape index (κ3) is 2.41. The zero-order chi connectivity index (χ0) is 14.1. The molecule has 1 aromatic carbocycles. The molecule has 6 nitrogen and oxygen atoms in total. The van der Waals surface area contributed by atoms with E-state index >= 15 is 0 Å². The summed E-state index contributed by atoms with van der Waals surface area (Å²) in [4.78, 5) is 29.5. The largest absolute Gasteiger partial charge is 0.274 e. The van der Waals surface area contributed by atoms with Crippen molar-refractivity contribution in [3.05, 3.63) is 35.6 Å². The second-order valence-electron chi connectivity index (χ2n) is 4.15. The minimum atomic E-state index is -0.480. The van der Waals surface area contributed by atoms with Gasteiger partial charge in [0.1, 0.15) is 11.6 Å². The molecule has 0 spiro atoms. The maximum atomic E-state index is 12.3. The predicted octanol–water partition coefficient (Wildman–Crippen LogP) is 1.88. The van der Waals surface area contributed by atoms with Crippen molar-refractivity contribution in [1.82, 2.24) is 15.2 Å². The number of carbonyl (C=O) groups excluding carboxylic acids is 2. The maximum absolute atomic E-state index is 12.3. The molecule has 1 aromatic heterocycles. The Balaban J connectivity index is 1.81. The highest BCUT2D eigenvalue weighted by Gasteiger charge is 2.40. The molecular formula is C12H9ClN4O2S. The molecule has 0 radical (unpaired) electrons. The number of nitrogens with one attached hydrogen (secondary N) is 1. The lowest BCUT2D eigenvalue weighted by molar-refractivity contribution is -0.121. The van der Waals surface area contributed by atoms with Gasteiger partial charge in [0.15, 0.2) is 5.16 Å². The number of imide groups is 1. The zero-order valence-electron chi connectivity index (χ0n) is 10.1. The Morgan fingerprint density at radius 1 is 1.30 bits per heavy atom. The molecule has 1 saturated heterocycles. The number of aromatic amines is 1. The summed E-state index contributed by atoms with van der Waals surface area (Å²) in [6, 6.07) is 6.60. The van der Waals surface area contributed by atoms with Crippen molar-refractivity contribution in [3.8, 4) is 0 Å². The summed E-state index contributed by atoms with van der Waals surface area (Å²) < 4.78 is 0. The smallest absolute Gasteiger partial charge is 0.247 e. The van der Waals surface area contributed by atoms with Crippen molar-refractivity contribution in [2.45, 2.75) is 16.8 Å². The molecule has 1 aliphatic rings. The minimum Gasteiger partial charge on any atom is -0.274 e. The van der Waals surface area contributed by atoms with Crippen LogP contribution in [0.4, 0.5) is 5.69 Å². The van der Waals surface area contributed by atoms with Gasteiger partial charge in [-0.25, -0.2) is 9.88 Å². The standard InChI is InChI=1S/C12H9ClN4O2S/c13-7-1-3-8(4-2-7)17-10(18)5-9(11(17)19)20-12-14-6-15-16-12/h1-4,6,9H,5H2,(H,14,15,16)/t9-/m1/s1. The fraction of sp³-hybridized carbons (Fsp3) is 0.167. The Morgan fingerprint density at radius 3 is 2.70 bits per heavy atom. The molecule has 2 amide bonds. The van der Waals surface area contributed by atoms with Crippen LogP contribution in [0.2, 0.25) is 5.02 Å². The van der Waals surface area contributed by atoms with Crippen LogP contribution in [0.5, 0.6) is 0 Å². The Morgan fingerprint density at radius 2 is 2.05 bits per heavy atom. The Bertz CT molecular complexity index is 644. The number of hydrogen-bond donors (Lipinski definition) is 1. The molecular weight excluding hydrogens is 300 g/mol. The number of H-pyrrole nitrogens is 1. The van der Waals surface area contributed by atoms with Gasteiger partial charge < -0.3 is 0 Å². The van der Waals surface area contributed by atoms with E-state index in [-0.39, 0.29) is 18.2 Å². The molecule has 20 heavy (non-hydrogen) atoms. The number of halogens is 1.